The number of nitrogens with one attached hydrogen (secondary N) is 3. The fourth-order valence-electron chi connectivity index (χ4n) is 8.11. The normalized spacial score (nSPS) is 14.8. The third kappa shape index (κ3) is 10.3. The lowest BCUT2D eigenvalue weighted by atomic mass is 9.85. The number of aromatic amines is 1. The van der Waals surface area contributed by atoms with Crippen LogP contribution in [0.15, 0.2) is 150 Å². The number of hydrogen-bond donors (Lipinski definition) is 6. The predicted octanol–water partition coefficient (Wildman–Crippen LogP) is 7.41. The number of rotatable bonds is 16. The number of benzene rings is 5. The minimum atomic E-state index is -2.01. The zero-order valence-electron chi connectivity index (χ0n) is 34.7. The van der Waals surface area contributed by atoms with E-state index in [0.717, 1.165) is 53.4 Å². The van der Waals surface area contributed by atoms with Crippen molar-refractivity contribution < 1.29 is 29.6 Å². The third-order valence-corrected chi connectivity index (χ3v) is 12.8. The number of aliphatic hydroxyl groups excluding tert-OH is 1. The van der Waals surface area contributed by atoms with Crippen molar-refractivity contribution in [3.05, 3.63) is 194 Å². The van der Waals surface area contributed by atoms with Gasteiger partial charge in [-0.3, -0.25) is 14.5 Å². The molecule has 2 aromatic heterocycles. The smallest absolute Gasteiger partial charge is 0.347 e. The highest BCUT2D eigenvalue weighted by Gasteiger charge is 2.42. The van der Waals surface area contributed by atoms with E-state index < -0.39 is 17.7 Å². The number of esters is 1. The van der Waals surface area contributed by atoms with E-state index in [-0.39, 0.29) is 41.8 Å². The van der Waals surface area contributed by atoms with Gasteiger partial charge in [0.2, 0.25) is 11.2 Å². The highest BCUT2D eigenvalue weighted by atomic mass is 32.1. The summed E-state index contributed by atoms with van der Waals surface area (Å²) >= 11 is 1.52. The van der Waals surface area contributed by atoms with Crippen molar-refractivity contribution in [2.45, 2.75) is 44.2 Å². The van der Waals surface area contributed by atoms with Crippen LogP contribution < -0.4 is 16.2 Å². The van der Waals surface area contributed by atoms with Crippen LogP contribution in [-0.2, 0) is 34.8 Å². The number of carbonyl (C=O) groups is 2. The zero-order valence-corrected chi connectivity index (χ0v) is 35.5. The second-order valence-electron chi connectivity index (χ2n) is 16.0. The Morgan fingerprint density at radius 2 is 1.54 bits per heavy atom. The molecule has 0 saturated carbocycles. The van der Waals surface area contributed by atoms with E-state index in [4.69, 9.17) is 4.74 Å². The van der Waals surface area contributed by atoms with Gasteiger partial charge in [-0.15, -0.1) is 11.3 Å². The molecule has 2 atom stereocenters. The van der Waals surface area contributed by atoms with Crippen molar-refractivity contribution in [3.8, 4) is 16.2 Å². The molecule has 1 fully saturated rings. The number of aromatic hydroxyl groups is 1. The number of ether oxygens (including phenoxy) is 1. The predicted molar refractivity (Wildman–Crippen MR) is 245 cm³/mol. The van der Waals surface area contributed by atoms with E-state index in [9.17, 15) is 29.7 Å². The molecule has 1 saturated heterocycles. The van der Waals surface area contributed by atoms with E-state index >= 15 is 0 Å². The number of amides is 1. The van der Waals surface area contributed by atoms with Crippen molar-refractivity contribution in [1.82, 2.24) is 20.5 Å². The minimum Gasteiger partial charge on any atom is -0.506 e. The monoisotopic (exact) mass is 862 g/mol. The Hall–Kier alpha value is -6.41. The number of phenolic OH excluding ortho intramolecular Hbond substituents is 1. The van der Waals surface area contributed by atoms with Gasteiger partial charge >= 0.3 is 5.97 Å². The number of fused-ring (bicyclic) bond motifs is 1. The molecule has 1 amide bonds. The summed E-state index contributed by atoms with van der Waals surface area (Å²) < 4.78 is 5.94. The van der Waals surface area contributed by atoms with Gasteiger partial charge < -0.3 is 35.7 Å². The SMILES string of the molecule is O=C(NCc1ccc(-c2cccc([C@](O)(C(=O)OCC3CCN(Cc4ccccc4)CC3)c3ccccc3)c2)s1)c1ccc(CNC[C@H](O)c2ccc(O)c3[nH]c(=O)ccc23)cc1. The first-order valence-electron chi connectivity index (χ1n) is 21.2. The van der Waals surface area contributed by atoms with Crippen LogP contribution in [0, 0.1) is 5.92 Å². The number of likely N-dealkylation sites (tertiary alicyclic amines) is 1. The quantitative estimate of drug-likeness (QED) is 0.0544. The number of H-pyrrole nitrogens is 1. The lowest BCUT2D eigenvalue weighted by Crippen LogP contribution is -2.40. The lowest BCUT2D eigenvalue weighted by Gasteiger charge is -2.33. The number of aliphatic hydroxyl groups is 2. The summed E-state index contributed by atoms with van der Waals surface area (Å²) in [5, 5.41) is 40.1. The molecule has 0 aliphatic carbocycles. The lowest BCUT2D eigenvalue weighted by molar-refractivity contribution is -0.164. The molecule has 0 unspecified atom stereocenters. The van der Waals surface area contributed by atoms with Gasteiger partial charge in [-0.25, -0.2) is 4.79 Å². The summed E-state index contributed by atoms with van der Waals surface area (Å²) in [6.45, 7) is 3.97. The number of pyridine rings is 1. The van der Waals surface area contributed by atoms with Gasteiger partial charge in [0.1, 0.15) is 5.75 Å². The molecule has 6 N–H and O–H groups in total. The van der Waals surface area contributed by atoms with Gasteiger partial charge in [-0.1, -0.05) is 97.1 Å². The van der Waals surface area contributed by atoms with Gasteiger partial charge in [0.15, 0.2) is 0 Å². The Morgan fingerprint density at radius 3 is 2.30 bits per heavy atom. The van der Waals surface area contributed by atoms with Crippen LogP contribution in [0.4, 0.5) is 0 Å². The van der Waals surface area contributed by atoms with E-state index in [1.54, 1.807) is 54.6 Å². The second kappa shape index (κ2) is 19.7. The molecule has 322 valence electrons. The highest BCUT2D eigenvalue weighted by molar-refractivity contribution is 7.15. The Morgan fingerprint density at radius 1 is 0.810 bits per heavy atom. The van der Waals surface area contributed by atoms with Crippen molar-refractivity contribution >= 4 is 34.1 Å². The molecular weight excluding hydrogens is 813 g/mol. The third-order valence-electron chi connectivity index (χ3n) is 11.7. The van der Waals surface area contributed by atoms with Gasteiger partial charge in [0.25, 0.3) is 5.91 Å². The van der Waals surface area contributed by atoms with E-state index in [2.05, 4.69) is 44.8 Å². The fraction of sp³-hybridized carbons (Fsp3) is 0.235. The first kappa shape index (κ1) is 43.2. The number of aromatic nitrogens is 1. The zero-order chi connectivity index (χ0) is 43.8. The van der Waals surface area contributed by atoms with Crippen molar-refractivity contribution in [1.29, 1.82) is 0 Å². The fourth-order valence-corrected chi connectivity index (χ4v) is 9.06. The second-order valence-corrected chi connectivity index (χ2v) is 17.2. The Kier molecular flexibility index (Phi) is 13.6. The Labute approximate surface area is 369 Å². The molecule has 0 bridgehead atoms. The minimum absolute atomic E-state index is 0.0653. The number of nitrogens with zero attached hydrogens (tertiary/aromatic N) is 1. The summed E-state index contributed by atoms with van der Waals surface area (Å²) in [5.41, 5.74) is 2.89. The molecule has 3 heterocycles. The number of phenols is 1. The Bertz CT molecular complexity index is 2710. The summed E-state index contributed by atoms with van der Waals surface area (Å²) in [6.07, 6.45) is 0.932. The Balaban J connectivity index is 0.848. The molecule has 7 aromatic rings. The van der Waals surface area contributed by atoms with Gasteiger partial charge in [-0.2, -0.15) is 0 Å². The molecule has 0 radical (unpaired) electrons. The first-order valence-corrected chi connectivity index (χ1v) is 22.0. The number of hydrogen-bond acceptors (Lipinski definition) is 10. The number of carbonyl (C=O) groups excluding carboxylic acids is 2. The van der Waals surface area contributed by atoms with Crippen LogP contribution in [0.2, 0.25) is 0 Å². The maximum atomic E-state index is 14.0. The maximum Gasteiger partial charge on any atom is 0.347 e. The molecule has 63 heavy (non-hydrogen) atoms. The first-order chi connectivity index (χ1) is 30.6. The van der Waals surface area contributed by atoms with Crippen LogP contribution in [0.3, 0.4) is 0 Å². The molecule has 11 nitrogen and oxygen atoms in total. The van der Waals surface area contributed by atoms with E-state index in [1.165, 1.54) is 29.0 Å². The maximum absolute atomic E-state index is 14.0. The van der Waals surface area contributed by atoms with Crippen molar-refractivity contribution in [3.63, 3.8) is 0 Å². The molecular formula is C51H50N4O7S. The van der Waals surface area contributed by atoms with Crippen LogP contribution in [0.1, 0.15) is 62.0 Å². The van der Waals surface area contributed by atoms with Crippen LogP contribution >= 0.6 is 11.3 Å². The molecule has 0 spiro atoms. The number of thiophene rings is 1. The summed E-state index contributed by atoms with van der Waals surface area (Å²) in [5.74, 6) is -0.773. The van der Waals surface area contributed by atoms with Crippen LogP contribution in [0.25, 0.3) is 21.3 Å². The van der Waals surface area contributed by atoms with Crippen LogP contribution in [0.5, 0.6) is 5.75 Å². The van der Waals surface area contributed by atoms with E-state index in [1.807, 2.05) is 54.6 Å². The summed E-state index contributed by atoms with van der Waals surface area (Å²) in [4.78, 5) is 45.8. The van der Waals surface area contributed by atoms with Gasteiger partial charge in [0, 0.05) is 52.0 Å². The van der Waals surface area contributed by atoms with Gasteiger partial charge in [0.05, 0.1) is 24.8 Å². The molecule has 8 rings (SSSR count). The molecule has 12 heteroatoms. The largest absolute Gasteiger partial charge is 0.506 e. The van der Waals surface area contributed by atoms with Crippen LogP contribution in [-0.4, -0.2) is 63.3 Å². The molecule has 1 aliphatic heterocycles. The topological polar surface area (TPSA) is 164 Å². The summed E-state index contributed by atoms with van der Waals surface area (Å²) in [7, 11) is 0. The summed E-state index contributed by atoms with van der Waals surface area (Å²) in [6, 6.07) is 43.9. The molecule has 5 aromatic carbocycles. The van der Waals surface area contributed by atoms with Gasteiger partial charge in [-0.05, 0) is 102 Å². The van der Waals surface area contributed by atoms with Crippen molar-refractivity contribution in [2.24, 2.45) is 5.92 Å². The molecule has 1 aliphatic rings. The standard InChI is InChI=1S/C51H50N4O7S/c56-44-21-19-42(43-20-23-47(58)54-48(43)44)45(57)31-52-29-34-14-16-37(17-15-34)49(59)53-30-41-18-22-46(63-41)38-10-7-13-40(28-38)51(61,39-11-5-2-6-12-39)50(60)62-33-36-24-26-55(27-25-36)32-35-8-3-1-4-9-35/h1-23,28,36,45,52,56-57,61H,24-27,29-33H2,(H,53,59)(H,54,58)/t45-,51-/m0/s1. The average molecular weight is 863 g/mol. The van der Waals surface area contributed by atoms with Crippen molar-refractivity contribution in [2.75, 3.05) is 26.2 Å². The average Bonchev–Trinajstić information content (AvgIpc) is 3.80. The highest BCUT2D eigenvalue weighted by Crippen LogP contribution is 2.36. The number of piperidine rings is 1. The van der Waals surface area contributed by atoms with E-state index in [0.29, 0.717) is 40.7 Å².